The minimum Gasteiger partial charge on any atom is -0.370 e. The number of carbonyl (C=O) groups excluding carboxylic acids is 1. The molecule has 0 aliphatic carbocycles. The van der Waals surface area contributed by atoms with Crippen LogP contribution in [0.4, 0.5) is 0 Å². The van der Waals surface area contributed by atoms with Gasteiger partial charge in [-0.05, 0) is 12.8 Å². The molecule has 64 valence electrons. The van der Waals surface area contributed by atoms with Gasteiger partial charge in [-0.15, -0.1) is 0 Å². The van der Waals surface area contributed by atoms with Crippen molar-refractivity contribution >= 4 is 5.91 Å². The fraction of sp³-hybridized carbons (Fsp3) is 0.857. The molecular weight excluding hydrogens is 144 g/mol. The molecule has 0 aliphatic heterocycles. The molecule has 0 saturated heterocycles. The van der Waals surface area contributed by atoms with Gasteiger partial charge in [-0.3, -0.25) is 4.79 Å². The van der Waals surface area contributed by atoms with Gasteiger partial charge in [0.1, 0.15) is 0 Å². The fourth-order valence-corrected chi connectivity index (χ4v) is 0.829. The highest BCUT2D eigenvalue weighted by molar-refractivity contribution is 5.73. The number of nitroso groups, excluding NO2 is 1. The molecule has 0 fully saturated rings. The molecule has 0 aromatic heterocycles. The van der Waals surface area contributed by atoms with Crippen molar-refractivity contribution in [2.24, 2.45) is 10.9 Å². The van der Waals surface area contributed by atoms with Crippen LogP contribution in [0, 0.1) is 4.91 Å². The van der Waals surface area contributed by atoms with Crippen LogP contribution in [-0.2, 0) is 4.79 Å². The van der Waals surface area contributed by atoms with Crippen LogP contribution in [0.2, 0.25) is 0 Å². The number of hydrogen-bond acceptors (Lipinski definition) is 3. The molecule has 0 radical (unpaired) electrons. The number of hydrogen-bond donors (Lipinski definition) is 1. The maximum Gasteiger partial charge on any atom is 0.217 e. The van der Waals surface area contributed by atoms with Crippen LogP contribution in [0.5, 0.6) is 0 Å². The molecule has 0 aromatic carbocycles. The molecule has 11 heavy (non-hydrogen) atoms. The molecule has 0 heterocycles. The van der Waals surface area contributed by atoms with Crippen LogP contribution >= 0.6 is 0 Å². The van der Waals surface area contributed by atoms with Gasteiger partial charge in [-0.25, -0.2) is 0 Å². The summed E-state index contributed by atoms with van der Waals surface area (Å²) in [4.78, 5) is 19.9. The molecule has 4 nitrogen and oxygen atoms in total. The monoisotopic (exact) mass is 158 g/mol. The summed E-state index contributed by atoms with van der Waals surface area (Å²) in [5.41, 5.74) is 4.93. The van der Waals surface area contributed by atoms with Gasteiger partial charge in [-0.1, -0.05) is 18.0 Å². The van der Waals surface area contributed by atoms with Crippen LogP contribution in [0.25, 0.3) is 0 Å². The summed E-state index contributed by atoms with van der Waals surface area (Å²) in [5, 5.41) is 2.73. The number of nitrogens with two attached hydrogens (primary N) is 1. The maximum atomic E-state index is 10.2. The summed E-state index contributed by atoms with van der Waals surface area (Å²) in [6, 6.07) is 0. The number of nitrogens with zero attached hydrogens (tertiary/aromatic N) is 1. The molecule has 0 atom stereocenters. The largest absolute Gasteiger partial charge is 0.370 e. The quantitative estimate of drug-likeness (QED) is 0.446. The van der Waals surface area contributed by atoms with Gasteiger partial charge in [0.25, 0.3) is 0 Å². The average molecular weight is 158 g/mol. The highest BCUT2D eigenvalue weighted by Crippen LogP contribution is 2.02. The number of amides is 1. The first-order valence-corrected chi connectivity index (χ1v) is 3.85. The molecule has 0 bridgehead atoms. The predicted molar refractivity (Wildman–Crippen MR) is 42.9 cm³/mol. The average Bonchev–Trinajstić information content (AvgIpc) is 1.96. The lowest BCUT2D eigenvalue weighted by molar-refractivity contribution is -0.118. The second-order valence-electron chi connectivity index (χ2n) is 2.48. The van der Waals surface area contributed by atoms with E-state index in [1.54, 1.807) is 0 Å². The molecular formula is C7H14N2O2. The smallest absolute Gasteiger partial charge is 0.217 e. The molecule has 0 aliphatic rings. The van der Waals surface area contributed by atoms with Crippen LogP contribution in [0.3, 0.4) is 0 Å². The van der Waals surface area contributed by atoms with Gasteiger partial charge in [-0.2, -0.15) is 4.91 Å². The van der Waals surface area contributed by atoms with Crippen molar-refractivity contribution in [3.63, 3.8) is 0 Å². The third-order valence-electron chi connectivity index (χ3n) is 1.42. The van der Waals surface area contributed by atoms with Crippen molar-refractivity contribution in [2.45, 2.75) is 32.1 Å². The van der Waals surface area contributed by atoms with Crippen LogP contribution in [0.15, 0.2) is 5.18 Å². The first kappa shape index (κ1) is 10.1. The SMILES string of the molecule is NC(=O)CCCCCCN=O. The second kappa shape index (κ2) is 7.18. The number of carbonyl (C=O) groups is 1. The summed E-state index contributed by atoms with van der Waals surface area (Å²) < 4.78 is 0. The normalized spacial score (nSPS) is 9.45. The lowest BCUT2D eigenvalue weighted by Gasteiger charge is -1.95. The van der Waals surface area contributed by atoms with E-state index in [0.717, 1.165) is 25.7 Å². The summed E-state index contributed by atoms with van der Waals surface area (Å²) in [5.74, 6) is -0.251. The second-order valence-corrected chi connectivity index (χ2v) is 2.48. The lowest BCUT2D eigenvalue weighted by atomic mass is 10.1. The third kappa shape index (κ3) is 9.07. The van der Waals surface area contributed by atoms with Gasteiger partial charge in [0.2, 0.25) is 5.91 Å². The van der Waals surface area contributed by atoms with Gasteiger partial charge in [0, 0.05) is 6.42 Å². The Balaban J connectivity index is 2.90. The van der Waals surface area contributed by atoms with Gasteiger partial charge >= 0.3 is 0 Å². The summed E-state index contributed by atoms with van der Waals surface area (Å²) >= 11 is 0. The lowest BCUT2D eigenvalue weighted by Crippen LogP contribution is -2.09. The van der Waals surface area contributed by atoms with Crippen molar-refractivity contribution in [1.29, 1.82) is 0 Å². The highest BCUT2D eigenvalue weighted by Gasteiger charge is 1.93. The summed E-state index contributed by atoms with van der Waals surface area (Å²) in [6.45, 7) is 0.385. The van der Waals surface area contributed by atoms with Crippen LogP contribution < -0.4 is 5.73 Å². The Morgan fingerprint density at radius 3 is 2.36 bits per heavy atom. The maximum absolute atomic E-state index is 10.2. The van der Waals surface area contributed by atoms with E-state index in [-0.39, 0.29) is 5.91 Å². The Morgan fingerprint density at radius 2 is 1.82 bits per heavy atom. The fourth-order valence-electron chi connectivity index (χ4n) is 0.829. The van der Waals surface area contributed by atoms with E-state index >= 15 is 0 Å². The Morgan fingerprint density at radius 1 is 1.18 bits per heavy atom. The van der Waals surface area contributed by atoms with E-state index in [1.165, 1.54) is 0 Å². The van der Waals surface area contributed by atoms with E-state index in [0.29, 0.717) is 13.0 Å². The first-order valence-electron chi connectivity index (χ1n) is 3.85. The highest BCUT2D eigenvalue weighted by atomic mass is 16.3. The minimum atomic E-state index is -0.251. The van der Waals surface area contributed by atoms with Crippen molar-refractivity contribution < 1.29 is 4.79 Å². The summed E-state index contributed by atoms with van der Waals surface area (Å²) in [7, 11) is 0. The zero-order valence-corrected chi connectivity index (χ0v) is 6.58. The van der Waals surface area contributed by atoms with Gasteiger partial charge in [0.05, 0.1) is 6.54 Å². The van der Waals surface area contributed by atoms with Gasteiger partial charge < -0.3 is 5.73 Å². The molecule has 4 heteroatoms. The zero-order valence-electron chi connectivity index (χ0n) is 6.58. The predicted octanol–water partition coefficient (Wildman–Crippen LogP) is 1.19. The number of rotatable bonds is 7. The van der Waals surface area contributed by atoms with Crippen LogP contribution in [-0.4, -0.2) is 12.5 Å². The first-order chi connectivity index (χ1) is 5.27. The number of unbranched alkanes of at least 4 members (excludes halogenated alkanes) is 3. The zero-order chi connectivity index (χ0) is 8.53. The molecule has 0 saturated carbocycles. The van der Waals surface area contributed by atoms with Crippen molar-refractivity contribution in [3.8, 4) is 0 Å². The third-order valence-corrected chi connectivity index (χ3v) is 1.42. The molecule has 0 rings (SSSR count). The minimum absolute atomic E-state index is 0.251. The van der Waals surface area contributed by atoms with Crippen molar-refractivity contribution in [2.75, 3.05) is 6.54 Å². The Kier molecular flexibility index (Phi) is 6.57. The van der Waals surface area contributed by atoms with Crippen molar-refractivity contribution in [3.05, 3.63) is 4.91 Å². The Labute approximate surface area is 66.1 Å². The van der Waals surface area contributed by atoms with E-state index < -0.39 is 0 Å². The molecule has 0 unspecified atom stereocenters. The van der Waals surface area contributed by atoms with E-state index in [4.69, 9.17) is 5.73 Å². The Bertz CT molecular complexity index is 126. The van der Waals surface area contributed by atoms with Crippen molar-refractivity contribution in [1.82, 2.24) is 0 Å². The van der Waals surface area contributed by atoms with E-state index in [2.05, 4.69) is 5.18 Å². The van der Waals surface area contributed by atoms with Crippen LogP contribution in [0.1, 0.15) is 32.1 Å². The standard InChI is InChI=1S/C7H14N2O2/c8-7(10)5-3-1-2-4-6-9-11/h1-6H2,(H2,8,10). The topological polar surface area (TPSA) is 72.5 Å². The molecule has 1 amide bonds. The molecule has 0 aromatic rings. The number of primary amides is 1. The Hall–Kier alpha value is -0.930. The molecule has 2 N–H and O–H groups in total. The van der Waals surface area contributed by atoms with Gasteiger partial charge in [0.15, 0.2) is 0 Å². The van der Waals surface area contributed by atoms with E-state index in [1.807, 2.05) is 0 Å². The summed E-state index contributed by atoms with van der Waals surface area (Å²) in [6.07, 6.45) is 4.02. The molecule has 0 spiro atoms. The van der Waals surface area contributed by atoms with E-state index in [9.17, 15) is 9.70 Å².